The molecule has 0 aliphatic heterocycles. The molecule has 0 aromatic heterocycles. The highest BCUT2D eigenvalue weighted by molar-refractivity contribution is 7.74. The van der Waals surface area contributed by atoms with Gasteiger partial charge in [0.2, 0.25) is 0 Å². The largest absolute Gasteiger partial charge is 0.357 e. The van der Waals surface area contributed by atoms with Crippen molar-refractivity contribution in [3.05, 3.63) is 338 Å². The van der Waals surface area contributed by atoms with Crippen LogP contribution in [0.2, 0.25) is 0 Å². The minimum absolute atomic E-state index is 0.994. The van der Waals surface area contributed by atoms with E-state index in [2.05, 4.69) is 315 Å². The molecule has 0 heterocycles. The first-order chi connectivity index (χ1) is 42.7. The molecule has 0 bridgehead atoms. The Balaban J connectivity index is 1.23. The maximum absolute atomic E-state index is 4.80. The van der Waals surface area contributed by atoms with Gasteiger partial charge in [-0.1, -0.05) is 315 Å². The maximum atomic E-state index is 4.80. The second-order valence-electron chi connectivity index (χ2n) is 23.0. The zero-order valence-corrected chi connectivity index (χ0v) is 52.4. The number of nitrogens with one attached hydrogen (secondary N) is 2. The highest BCUT2D eigenvalue weighted by Crippen LogP contribution is 2.50. The lowest BCUT2D eigenvalue weighted by molar-refractivity contribution is 0.682. The number of hydrogen-bond acceptors (Lipinski definition) is 2. The highest BCUT2D eigenvalue weighted by Gasteiger charge is 2.48. The molecule has 0 unspecified atom stereocenters. The molecule has 14 rings (SSSR count). The summed E-state index contributed by atoms with van der Waals surface area (Å²) in [5.41, 5.74) is 11.3. The summed E-state index contributed by atoms with van der Waals surface area (Å²) < 4.78 is 0. The van der Waals surface area contributed by atoms with E-state index >= 15 is 0 Å². The standard InChI is InChI=1S/C80H70N2P2Si2/c1-11-37-63(38-12-1)83(64-39-13-2-14-40-64)81-79-75(85(67-45-19-5-20-46-67,68-47-21-6-22-48-68)69-49-23-7-24-50-69)59-61-35-31-33-57-73(61)77(79)78-74-58-34-32-36-62(74)60-76(80(78)82-84(65-41-15-3-16-42-65)66-43-17-4-18-44-66)86(70-51-25-8-26-52-70,71-53-27-9-28-54-71)72-55-29-10-30-56-72/h1-30,37-56,59-60,81-82H,31-36,57-58H2. The van der Waals surface area contributed by atoms with Crippen molar-refractivity contribution in [2.45, 2.75) is 51.4 Å². The fourth-order valence-electron chi connectivity index (χ4n) is 14.3. The van der Waals surface area contributed by atoms with Crippen LogP contribution in [-0.2, 0) is 25.7 Å². The van der Waals surface area contributed by atoms with Crippen LogP contribution >= 0.6 is 16.1 Å². The van der Waals surface area contributed by atoms with E-state index in [0.29, 0.717) is 0 Å². The fraction of sp³-hybridized carbons (Fsp3) is 0.100. The van der Waals surface area contributed by atoms with Crippen LogP contribution < -0.4 is 72.9 Å². The molecule has 2 aliphatic carbocycles. The second kappa shape index (κ2) is 25.2. The van der Waals surface area contributed by atoms with E-state index < -0.39 is 32.3 Å². The first-order valence-corrected chi connectivity index (χ1v) is 37.5. The summed E-state index contributed by atoms with van der Waals surface area (Å²) in [7, 11) is -8.99. The third-order valence-corrected chi connectivity index (χ3v) is 31.9. The Labute approximate surface area is 513 Å². The van der Waals surface area contributed by atoms with Crippen LogP contribution in [0.15, 0.2) is 315 Å². The summed E-state index contributed by atoms with van der Waals surface area (Å²) in [5, 5.41) is 25.9. The molecule has 0 saturated carbocycles. The zero-order valence-electron chi connectivity index (χ0n) is 48.6. The Morgan fingerprint density at radius 3 is 0.686 bits per heavy atom. The van der Waals surface area contributed by atoms with Gasteiger partial charge >= 0.3 is 0 Å². The lowest BCUT2D eigenvalue weighted by Gasteiger charge is -2.41. The quantitative estimate of drug-likeness (QED) is 0.0539. The molecule has 0 amide bonds. The Kier molecular flexibility index (Phi) is 16.3. The lowest BCUT2D eigenvalue weighted by Crippen LogP contribution is -2.75. The van der Waals surface area contributed by atoms with Gasteiger partial charge < -0.3 is 10.2 Å². The van der Waals surface area contributed by atoms with Crippen molar-refractivity contribution in [1.82, 2.24) is 0 Å². The summed E-state index contributed by atoms with van der Waals surface area (Å²) in [6, 6.07) is 121. The van der Waals surface area contributed by atoms with E-state index in [0.717, 1.165) is 51.4 Å². The first-order valence-electron chi connectivity index (χ1n) is 30.8. The van der Waals surface area contributed by atoms with E-state index in [1.165, 1.54) is 107 Å². The minimum atomic E-state index is -3.29. The fourth-order valence-corrected chi connectivity index (χ4v) is 28.4. The molecule has 0 spiro atoms. The van der Waals surface area contributed by atoms with Gasteiger partial charge in [-0.15, -0.1) is 0 Å². The third-order valence-electron chi connectivity index (χ3n) is 18.1. The van der Waals surface area contributed by atoms with Crippen molar-refractivity contribution in [2.75, 3.05) is 10.2 Å². The van der Waals surface area contributed by atoms with Crippen LogP contribution in [0, 0.1) is 0 Å². The smallest absolute Gasteiger partial charge is 0.181 e. The van der Waals surface area contributed by atoms with Gasteiger partial charge in [0, 0.05) is 43.7 Å². The molecule has 2 nitrogen and oxygen atoms in total. The van der Waals surface area contributed by atoms with Crippen molar-refractivity contribution in [3.63, 3.8) is 0 Å². The predicted octanol–water partition coefficient (Wildman–Crippen LogP) is 12.8. The van der Waals surface area contributed by atoms with E-state index in [1.54, 1.807) is 0 Å². The monoisotopic (exact) mass is 1180 g/mol. The lowest BCUT2D eigenvalue weighted by atomic mass is 9.79. The predicted molar refractivity (Wildman–Crippen MR) is 378 cm³/mol. The second-order valence-corrected chi connectivity index (χ2v) is 34.4. The number of aryl methyl sites for hydroxylation is 2. The van der Waals surface area contributed by atoms with Crippen LogP contribution in [0.25, 0.3) is 11.1 Å². The normalized spacial score (nSPS) is 13.2. The number of hydrogen-bond donors (Lipinski definition) is 2. The molecule has 0 radical (unpaired) electrons. The molecule has 12 aromatic rings. The molecule has 2 aliphatic rings. The van der Waals surface area contributed by atoms with Gasteiger partial charge in [-0.2, -0.15) is 0 Å². The molecular weight excluding hydrogens is 1110 g/mol. The summed E-state index contributed by atoms with van der Waals surface area (Å²) in [6.07, 6.45) is 8.59. The maximum Gasteiger partial charge on any atom is 0.181 e. The molecule has 12 aromatic carbocycles. The van der Waals surface area contributed by atoms with Gasteiger partial charge in [0.25, 0.3) is 0 Å². The number of fused-ring (bicyclic) bond motifs is 2. The highest BCUT2D eigenvalue weighted by atomic mass is 31.1. The zero-order chi connectivity index (χ0) is 57.5. The van der Waals surface area contributed by atoms with Crippen LogP contribution in [0.1, 0.15) is 47.9 Å². The van der Waals surface area contributed by atoms with Crippen molar-refractivity contribution in [2.24, 2.45) is 0 Å². The van der Waals surface area contributed by atoms with E-state index in [-0.39, 0.29) is 0 Å². The van der Waals surface area contributed by atoms with Crippen molar-refractivity contribution in [1.29, 1.82) is 0 Å². The molecule has 2 N–H and O–H groups in total. The number of benzene rings is 12. The van der Waals surface area contributed by atoms with E-state index in [1.807, 2.05) is 0 Å². The molecule has 418 valence electrons. The Morgan fingerprint density at radius 2 is 0.453 bits per heavy atom. The Bertz CT molecular complexity index is 3650. The van der Waals surface area contributed by atoms with Gasteiger partial charge in [0.15, 0.2) is 16.1 Å². The molecule has 6 heteroatoms. The summed E-state index contributed by atoms with van der Waals surface area (Å²) in [4.78, 5) is 0. The average Bonchev–Trinajstić information content (AvgIpc) is 0.794. The van der Waals surface area contributed by atoms with Gasteiger partial charge in [-0.25, -0.2) is 0 Å². The molecular formula is C80H70N2P2Si2. The molecule has 0 atom stereocenters. The minimum Gasteiger partial charge on any atom is -0.357 e. The first kappa shape index (κ1) is 55.4. The Hall–Kier alpha value is -8.47. The van der Waals surface area contributed by atoms with Gasteiger partial charge in [-0.3, -0.25) is 0 Å². The van der Waals surface area contributed by atoms with Crippen LogP contribution in [-0.4, -0.2) is 16.1 Å². The van der Waals surface area contributed by atoms with Crippen molar-refractivity contribution < 1.29 is 0 Å². The third kappa shape index (κ3) is 10.3. The van der Waals surface area contributed by atoms with E-state index in [9.17, 15) is 0 Å². The van der Waals surface area contributed by atoms with Crippen molar-refractivity contribution >= 4 is 106 Å². The number of rotatable bonds is 17. The summed E-state index contributed by atoms with van der Waals surface area (Å²) in [6.45, 7) is 0. The Morgan fingerprint density at radius 1 is 0.244 bits per heavy atom. The molecule has 0 fully saturated rings. The molecule has 86 heavy (non-hydrogen) atoms. The SMILES string of the molecule is c1ccc(P(Nc2c([Si](c3ccccc3)(c3ccccc3)c3ccccc3)cc3c(c2-c2c4c(cc([Si](c5ccccc5)(c5ccccc5)c5ccccc5)c2NP(c2ccccc2)c2ccccc2)CCCC4)CCCC3)c2ccccc2)cc1. The summed E-state index contributed by atoms with van der Waals surface area (Å²) >= 11 is 0. The van der Waals surface area contributed by atoms with Crippen molar-refractivity contribution in [3.8, 4) is 11.1 Å². The van der Waals surface area contributed by atoms with E-state index in [4.69, 9.17) is 10.2 Å². The summed E-state index contributed by atoms with van der Waals surface area (Å²) in [5.74, 6) is 0. The molecule has 0 saturated heterocycles. The number of anilines is 2. The van der Waals surface area contributed by atoms with Gasteiger partial charge in [0.05, 0.1) is 16.1 Å². The van der Waals surface area contributed by atoms with Gasteiger partial charge in [0.1, 0.15) is 0 Å². The van der Waals surface area contributed by atoms with Crippen LogP contribution in [0.3, 0.4) is 0 Å². The van der Waals surface area contributed by atoms with Crippen LogP contribution in [0.4, 0.5) is 11.4 Å². The van der Waals surface area contributed by atoms with Gasteiger partial charge in [-0.05, 0) is 115 Å². The topological polar surface area (TPSA) is 24.1 Å². The average molecular weight is 1180 g/mol. The van der Waals surface area contributed by atoms with Crippen LogP contribution in [0.5, 0.6) is 0 Å².